The molecule has 0 spiro atoms. The van der Waals surface area contributed by atoms with Crippen LogP contribution in [0.1, 0.15) is 12.0 Å². The van der Waals surface area contributed by atoms with Crippen molar-refractivity contribution in [3.05, 3.63) is 48.0 Å². The number of halogens is 2. The maximum atomic E-state index is 12.7. The van der Waals surface area contributed by atoms with Crippen molar-refractivity contribution in [2.45, 2.75) is 19.4 Å². The summed E-state index contributed by atoms with van der Waals surface area (Å²) in [7, 11) is 1.87. The fourth-order valence-electron chi connectivity index (χ4n) is 1.71. The first-order chi connectivity index (χ1) is 8.28. The Labute approximate surface area is 112 Å². The molecule has 2 rings (SSSR count). The van der Waals surface area contributed by atoms with Crippen LogP contribution in [0, 0.1) is 5.82 Å². The summed E-state index contributed by atoms with van der Waals surface area (Å²) in [5.74, 6) is -0.181. The van der Waals surface area contributed by atoms with E-state index in [1.807, 2.05) is 30.1 Å². The zero-order valence-corrected chi connectivity index (χ0v) is 11.1. The Balaban J connectivity index is 0.00000162. The van der Waals surface area contributed by atoms with Crippen molar-refractivity contribution in [2.24, 2.45) is 0 Å². The molecule has 0 saturated carbocycles. The Morgan fingerprint density at radius 1 is 1.28 bits per heavy atom. The van der Waals surface area contributed by atoms with E-state index < -0.39 is 0 Å². The second-order valence-corrected chi connectivity index (χ2v) is 3.97. The Kier molecular flexibility index (Phi) is 5.65. The molecule has 0 aliphatic carbocycles. The minimum absolute atomic E-state index is 0. The summed E-state index contributed by atoms with van der Waals surface area (Å²) >= 11 is 0. The molecule has 18 heavy (non-hydrogen) atoms. The quantitative estimate of drug-likeness (QED) is 0.904. The largest absolute Gasteiger partial charge is 0.386 e. The van der Waals surface area contributed by atoms with Crippen LogP contribution in [0.15, 0.2) is 36.7 Å². The monoisotopic (exact) mass is 269 g/mol. The van der Waals surface area contributed by atoms with Gasteiger partial charge in [0.1, 0.15) is 5.82 Å². The lowest BCUT2D eigenvalue weighted by atomic mass is 10.1. The van der Waals surface area contributed by atoms with Gasteiger partial charge in [0, 0.05) is 19.8 Å². The van der Waals surface area contributed by atoms with Gasteiger partial charge in [-0.15, -0.1) is 12.4 Å². The average Bonchev–Trinajstić information content (AvgIpc) is 2.80. The molecule has 5 heteroatoms. The smallest absolute Gasteiger partial charge is 0.123 e. The molecular weight excluding hydrogens is 253 g/mol. The lowest BCUT2D eigenvalue weighted by molar-refractivity contribution is 0.578. The molecule has 2 aromatic rings. The third-order valence-electron chi connectivity index (χ3n) is 2.69. The van der Waals surface area contributed by atoms with Crippen LogP contribution in [0.25, 0.3) is 0 Å². The summed E-state index contributed by atoms with van der Waals surface area (Å²) in [6, 6.07) is 6.67. The number of nitrogens with zero attached hydrogens (tertiary/aromatic N) is 2. The van der Waals surface area contributed by atoms with Crippen LogP contribution in [0.5, 0.6) is 0 Å². The lowest BCUT2D eigenvalue weighted by Gasteiger charge is -2.02. The predicted octanol–water partition coefficient (Wildman–Crippen LogP) is 3.12. The summed E-state index contributed by atoms with van der Waals surface area (Å²) in [6.07, 6.45) is 5.72. The maximum Gasteiger partial charge on any atom is 0.123 e. The maximum absolute atomic E-state index is 12.7. The molecule has 0 fully saturated rings. The van der Waals surface area contributed by atoms with Gasteiger partial charge >= 0.3 is 0 Å². The number of rotatable bonds is 5. The fourth-order valence-corrected chi connectivity index (χ4v) is 1.71. The van der Waals surface area contributed by atoms with Crippen molar-refractivity contribution < 1.29 is 4.39 Å². The zero-order chi connectivity index (χ0) is 12.1. The zero-order valence-electron chi connectivity index (χ0n) is 10.3. The molecule has 1 heterocycles. The first kappa shape index (κ1) is 14.5. The number of hydrogen-bond donors (Lipinski definition) is 1. The second-order valence-electron chi connectivity index (χ2n) is 3.97. The van der Waals surface area contributed by atoms with Gasteiger partial charge in [0.05, 0.1) is 11.9 Å². The van der Waals surface area contributed by atoms with E-state index in [2.05, 4.69) is 10.4 Å². The molecule has 0 bridgehead atoms. The van der Waals surface area contributed by atoms with Crippen molar-refractivity contribution in [3.8, 4) is 0 Å². The predicted molar refractivity (Wildman–Crippen MR) is 73.7 cm³/mol. The van der Waals surface area contributed by atoms with E-state index in [9.17, 15) is 4.39 Å². The van der Waals surface area contributed by atoms with Crippen LogP contribution in [-0.4, -0.2) is 16.8 Å². The third kappa shape index (κ3) is 4.04. The normalized spacial score (nSPS) is 9.89. The van der Waals surface area contributed by atoms with Crippen LogP contribution in [0.3, 0.4) is 0 Å². The summed E-state index contributed by atoms with van der Waals surface area (Å²) in [4.78, 5) is 0. The van der Waals surface area contributed by atoms with E-state index in [1.165, 1.54) is 12.1 Å². The number of benzene rings is 1. The molecule has 1 aromatic heterocycles. The van der Waals surface area contributed by atoms with Crippen molar-refractivity contribution in [1.29, 1.82) is 0 Å². The van der Waals surface area contributed by atoms with Gasteiger partial charge in [-0.2, -0.15) is 5.10 Å². The number of anilines is 1. The summed E-state index contributed by atoms with van der Waals surface area (Å²) < 4.78 is 14.6. The van der Waals surface area contributed by atoms with Crippen molar-refractivity contribution >= 4 is 18.1 Å². The topological polar surface area (TPSA) is 29.9 Å². The van der Waals surface area contributed by atoms with Crippen molar-refractivity contribution in [3.63, 3.8) is 0 Å². The summed E-state index contributed by atoms with van der Waals surface area (Å²) in [5, 5.41) is 7.26. The van der Waals surface area contributed by atoms with Gasteiger partial charge in [0.25, 0.3) is 0 Å². The number of aryl methyl sites for hydroxylation is 2. The van der Waals surface area contributed by atoms with Crippen LogP contribution in [-0.2, 0) is 13.0 Å². The molecule has 1 aromatic carbocycles. The molecule has 98 valence electrons. The molecular formula is C13H17ClFN3. The molecule has 1 N–H and O–H groups in total. The molecule has 0 amide bonds. The van der Waals surface area contributed by atoms with Gasteiger partial charge in [0.2, 0.25) is 0 Å². The van der Waals surface area contributed by atoms with Crippen LogP contribution >= 0.6 is 12.4 Å². The Bertz CT molecular complexity index is 467. The fraction of sp³-hybridized carbons (Fsp3) is 0.308. The van der Waals surface area contributed by atoms with Crippen LogP contribution < -0.4 is 5.32 Å². The van der Waals surface area contributed by atoms with Crippen molar-refractivity contribution in [1.82, 2.24) is 9.78 Å². The molecule has 0 aliphatic heterocycles. The van der Waals surface area contributed by atoms with Crippen LogP contribution in [0.4, 0.5) is 10.1 Å². The lowest BCUT2D eigenvalue weighted by Crippen LogP contribution is -2.00. The standard InChI is InChI=1S/C13H16FN3.ClH/c1-15-13-9-16-17(10-13)8-2-3-11-4-6-12(14)7-5-11;/h4-7,9-10,15H,2-3,8H2,1H3;1H. The van der Waals surface area contributed by atoms with Crippen LogP contribution in [0.2, 0.25) is 0 Å². The number of hydrogen-bond acceptors (Lipinski definition) is 2. The van der Waals surface area contributed by atoms with E-state index in [-0.39, 0.29) is 18.2 Å². The number of nitrogens with one attached hydrogen (secondary N) is 1. The van der Waals surface area contributed by atoms with Crippen molar-refractivity contribution in [2.75, 3.05) is 12.4 Å². The van der Waals surface area contributed by atoms with E-state index >= 15 is 0 Å². The molecule has 3 nitrogen and oxygen atoms in total. The molecule has 0 saturated heterocycles. The van der Waals surface area contributed by atoms with E-state index in [1.54, 1.807) is 6.20 Å². The summed E-state index contributed by atoms with van der Waals surface area (Å²) in [5.41, 5.74) is 2.18. The minimum Gasteiger partial charge on any atom is -0.386 e. The average molecular weight is 270 g/mol. The molecule has 0 radical (unpaired) electrons. The molecule has 0 unspecified atom stereocenters. The summed E-state index contributed by atoms with van der Waals surface area (Å²) in [6.45, 7) is 0.874. The SMILES string of the molecule is CNc1cnn(CCCc2ccc(F)cc2)c1.Cl. The highest BCUT2D eigenvalue weighted by Gasteiger charge is 1.98. The Morgan fingerprint density at radius 2 is 2.00 bits per heavy atom. The first-order valence-electron chi connectivity index (χ1n) is 5.72. The third-order valence-corrected chi connectivity index (χ3v) is 2.69. The molecule has 0 aliphatic rings. The Hall–Kier alpha value is -1.55. The van der Waals surface area contributed by atoms with Gasteiger partial charge in [-0.25, -0.2) is 4.39 Å². The Morgan fingerprint density at radius 3 is 2.61 bits per heavy atom. The van der Waals surface area contributed by atoms with E-state index in [0.29, 0.717) is 0 Å². The highest BCUT2D eigenvalue weighted by molar-refractivity contribution is 5.85. The highest BCUT2D eigenvalue weighted by Crippen LogP contribution is 2.08. The van der Waals surface area contributed by atoms with Gasteiger partial charge in [-0.3, -0.25) is 4.68 Å². The van der Waals surface area contributed by atoms with E-state index in [4.69, 9.17) is 0 Å². The van der Waals surface area contributed by atoms with Gasteiger partial charge in [-0.05, 0) is 30.5 Å². The minimum atomic E-state index is -0.181. The molecule has 0 atom stereocenters. The second kappa shape index (κ2) is 7.01. The first-order valence-corrected chi connectivity index (χ1v) is 5.72. The van der Waals surface area contributed by atoms with E-state index in [0.717, 1.165) is 30.6 Å². The number of aromatic nitrogens is 2. The van der Waals surface area contributed by atoms with Gasteiger partial charge in [-0.1, -0.05) is 12.1 Å². The van der Waals surface area contributed by atoms with Gasteiger partial charge < -0.3 is 5.32 Å². The van der Waals surface area contributed by atoms with Gasteiger partial charge in [0.15, 0.2) is 0 Å². The highest BCUT2D eigenvalue weighted by atomic mass is 35.5.